The summed E-state index contributed by atoms with van der Waals surface area (Å²) in [5.74, 6) is 0. The van der Waals surface area contributed by atoms with Crippen LogP contribution in [0.1, 0.15) is 42.1 Å². The molecule has 4 heteroatoms. The molecule has 1 fully saturated rings. The van der Waals surface area contributed by atoms with Crippen LogP contribution >= 0.6 is 0 Å². The fourth-order valence-corrected chi connectivity index (χ4v) is 5.28. The molecule has 1 N–H and O–H groups in total. The highest BCUT2D eigenvalue weighted by atomic mass is 16.5. The number of hydrogen-bond acceptors (Lipinski definition) is 4. The van der Waals surface area contributed by atoms with Gasteiger partial charge in [0.25, 0.3) is 0 Å². The predicted molar refractivity (Wildman–Crippen MR) is 142 cm³/mol. The van der Waals surface area contributed by atoms with Crippen LogP contribution in [0.5, 0.6) is 0 Å². The summed E-state index contributed by atoms with van der Waals surface area (Å²) in [6, 6.07) is 30.4. The average Bonchev–Trinajstić information content (AvgIpc) is 2.90. The van der Waals surface area contributed by atoms with Crippen molar-refractivity contribution in [2.75, 3.05) is 45.7 Å². The van der Waals surface area contributed by atoms with E-state index in [1.165, 1.54) is 22.4 Å². The molecule has 1 heterocycles. The maximum Gasteiger partial charge on any atom is 0.0841 e. The maximum absolute atomic E-state index is 6.52. The molecule has 34 heavy (non-hydrogen) atoms. The molecule has 1 unspecified atom stereocenters. The molecule has 4 nitrogen and oxygen atoms in total. The van der Waals surface area contributed by atoms with Crippen molar-refractivity contribution in [2.24, 2.45) is 0 Å². The van der Waals surface area contributed by atoms with Crippen molar-refractivity contribution in [3.05, 3.63) is 102 Å². The summed E-state index contributed by atoms with van der Waals surface area (Å²) in [6.45, 7) is 3.62. The number of hydrogen-bond donors (Lipinski definition) is 1. The van der Waals surface area contributed by atoms with E-state index in [-0.39, 0.29) is 11.6 Å². The van der Waals surface area contributed by atoms with E-state index in [9.17, 15) is 0 Å². The topological polar surface area (TPSA) is 27.7 Å². The lowest BCUT2D eigenvalue weighted by Gasteiger charge is -2.47. The predicted octanol–water partition coefficient (Wildman–Crippen LogP) is 5.61. The van der Waals surface area contributed by atoms with E-state index in [0.717, 1.165) is 38.9 Å². The molecule has 0 bridgehead atoms. The van der Waals surface area contributed by atoms with E-state index in [2.05, 4.69) is 114 Å². The third-order valence-electron chi connectivity index (χ3n) is 7.36. The highest BCUT2D eigenvalue weighted by Gasteiger charge is 2.38. The summed E-state index contributed by atoms with van der Waals surface area (Å²) in [7, 11) is 6.44. The van der Waals surface area contributed by atoms with Crippen molar-refractivity contribution in [3.63, 3.8) is 0 Å². The Bertz CT molecular complexity index is 998. The van der Waals surface area contributed by atoms with Gasteiger partial charge in [0.05, 0.1) is 12.7 Å². The molecule has 1 aliphatic rings. The molecule has 0 spiro atoms. The molecule has 1 aliphatic heterocycles. The van der Waals surface area contributed by atoms with Crippen molar-refractivity contribution in [1.82, 2.24) is 10.2 Å². The summed E-state index contributed by atoms with van der Waals surface area (Å²) in [6.07, 6.45) is 3.25. The van der Waals surface area contributed by atoms with Crippen LogP contribution in [-0.4, -0.2) is 45.7 Å². The Labute approximate surface area is 205 Å². The standard InChI is InChI=1S/C30H39N3O/c1-31-21-18-29(25-12-6-4-7-13-25)34-24-26-14-10-11-17-28(26)33-22-19-30(20-23-33,32(2)3)27-15-8-5-9-16-27/h4-17,29,31H,18-24H2,1-3H3. The average molecular weight is 458 g/mol. The van der Waals surface area contributed by atoms with Crippen molar-refractivity contribution in [1.29, 1.82) is 0 Å². The first-order valence-corrected chi connectivity index (χ1v) is 12.5. The Hall–Kier alpha value is -2.66. The van der Waals surface area contributed by atoms with Gasteiger partial charge in [-0.05, 0) is 64.1 Å². The second-order valence-electron chi connectivity index (χ2n) is 9.51. The lowest BCUT2D eigenvalue weighted by molar-refractivity contribution is 0.0345. The van der Waals surface area contributed by atoms with Gasteiger partial charge in [-0.3, -0.25) is 4.90 Å². The fraction of sp³-hybridized carbons (Fsp3) is 0.400. The van der Waals surface area contributed by atoms with E-state index in [0.29, 0.717) is 6.61 Å². The molecule has 0 aliphatic carbocycles. The van der Waals surface area contributed by atoms with Gasteiger partial charge in [0, 0.05) is 29.9 Å². The van der Waals surface area contributed by atoms with Gasteiger partial charge < -0.3 is 15.0 Å². The smallest absolute Gasteiger partial charge is 0.0841 e. The Morgan fingerprint density at radius 3 is 2.15 bits per heavy atom. The summed E-state index contributed by atoms with van der Waals surface area (Å²) in [4.78, 5) is 4.97. The molecule has 0 radical (unpaired) electrons. The van der Waals surface area contributed by atoms with Crippen molar-refractivity contribution >= 4 is 5.69 Å². The minimum absolute atomic E-state index is 0.0857. The Kier molecular flexibility index (Phi) is 8.39. The number of anilines is 1. The SMILES string of the molecule is CNCCC(OCc1ccccc1N1CCC(c2ccccc2)(N(C)C)CC1)c1ccccc1. The summed E-state index contributed by atoms with van der Waals surface area (Å²) < 4.78 is 6.52. The summed E-state index contributed by atoms with van der Waals surface area (Å²) in [5, 5.41) is 3.27. The number of para-hydroxylation sites is 1. The molecule has 0 amide bonds. The molecule has 1 atom stereocenters. The first kappa shape index (κ1) is 24.5. The van der Waals surface area contributed by atoms with E-state index < -0.39 is 0 Å². The van der Waals surface area contributed by atoms with Gasteiger partial charge in [0.15, 0.2) is 0 Å². The number of rotatable bonds is 10. The van der Waals surface area contributed by atoms with E-state index in [4.69, 9.17) is 4.74 Å². The first-order valence-electron chi connectivity index (χ1n) is 12.5. The number of nitrogens with zero attached hydrogens (tertiary/aromatic N) is 2. The third-order valence-corrected chi connectivity index (χ3v) is 7.36. The normalized spacial score (nSPS) is 16.5. The number of nitrogens with one attached hydrogen (secondary N) is 1. The quantitative estimate of drug-likeness (QED) is 0.428. The molecule has 4 rings (SSSR count). The van der Waals surface area contributed by atoms with E-state index in [1.807, 2.05) is 7.05 Å². The Balaban J connectivity index is 1.47. The van der Waals surface area contributed by atoms with Gasteiger partial charge in [-0.25, -0.2) is 0 Å². The largest absolute Gasteiger partial charge is 0.371 e. The Morgan fingerprint density at radius 1 is 0.882 bits per heavy atom. The highest BCUT2D eigenvalue weighted by Crippen LogP contribution is 2.39. The number of ether oxygens (including phenoxy) is 1. The second-order valence-corrected chi connectivity index (χ2v) is 9.51. The summed E-state index contributed by atoms with van der Waals surface area (Å²) >= 11 is 0. The molecule has 3 aromatic carbocycles. The van der Waals surface area contributed by atoms with Gasteiger partial charge in [0.1, 0.15) is 0 Å². The monoisotopic (exact) mass is 457 g/mol. The first-order chi connectivity index (χ1) is 16.6. The zero-order valence-corrected chi connectivity index (χ0v) is 20.9. The van der Waals surface area contributed by atoms with Gasteiger partial charge in [0.2, 0.25) is 0 Å². The molecule has 180 valence electrons. The van der Waals surface area contributed by atoms with Gasteiger partial charge >= 0.3 is 0 Å². The number of piperidine rings is 1. The maximum atomic E-state index is 6.52. The van der Waals surface area contributed by atoms with Crippen LogP contribution in [0.15, 0.2) is 84.9 Å². The highest BCUT2D eigenvalue weighted by molar-refractivity contribution is 5.54. The molecule has 0 aromatic heterocycles. The lowest BCUT2D eigenvalue weighted by atomic mass is 9.79. The molecular weight excluding hydrogens is 418 g/mol. The zero-order valence-electron chi connectivity index (χ0n) is 20.9. The van der Waals surface area contributed by atoms with Gasteiger partial charge in [-0.1, -0.05) is 78.9 Å². The van der Waals surface area contributed by atoms with E-state index in [1.54, 1.807) is 0 Å². The van der Waals surface area contributed by atoms with Crippen molar-refractivity contribution in [3.8, 4) is 0 Å². The van der Waals surface area contributed by atoms with Crippen molar-refractivity contribution < 1.29 is 4.74 Å². The van der Waals surface area contributed by atoms with Crippen LogP contribution in [0, 0.1) is 0 Å². The van der Waals surface area contributed by atoms with E-state index >= 15 is 0 Å². The van der Waals surface area contributed by atoms with Crippen LogP contribution < -0.4 is 10.2 Å². The number of benzene rings is 3. The van der Waals surface area contributed by atoms with Gasteiger partial charge in [-0.2, -0.15) is 0 Å². The Morgan fingerprint density at radius 2 is 1.50 bits per heavy atom. The third kappa shape index (κ3) is 5.52. The van der Waals surface area contributed by atoms with Crippen LogP contribution in [0.3, 0.4) is 0 Å². The van der Waals surface area contributed by atoms with Crippen LogP contribution in [0.4, 0.5) is 5.69 Å². The minimum atomic E-state index is 0.0857. The van der Waals surface area contributed by atoms with Crippen LogP contribution in [-0.2, 0) is 16.9 Å². The zero-order chi connectivity index (χ0) is 23.8. The molecule has 1 saturated heterocycles. The summed E-state index contributed by atoms with van der Waals surface area (Å²) in [5.41, 5.74) is 5.33. The van der Waals surface area contributed by atoms with Gasteiger partial charge in [-0.15, -0.1) is 0 Å². The van der Waals surface area contributed by atoms with Crippen molar-refractivity contribution in [2.45, 2.75) is 37.5 Å². The lowest BCUT2D eigenvalue weighted by Crippen LogP contribution is -2.50. The molecule has 0 saturated carbocycles. The van der Waals surface area contributed by atoms with Crippen LogP contribution in [0.25, 0.3) is 0 Å². The molecular formula is C30H39N3O. The minimum Gasteiger partial charge on any atom is -0.371 e. The van der Waals surface area contributed by atoms with Crippen LogP contribution in [0.2, 0.25) is 0 Å². The fourth-order valence-electron chi connectivity index (χ4n) is 5.28. The second kappa shape index (κ2) is 11.7. The molecule has 3 aromatic rings.